The molecule has 10 heteroatoms. The van der Waals surface area contributed by atoms with Crippen molar-refractivity contribution in [3.05, 3.63) is 32.9 Å². The molecule has 3 unspecified atom stereocenters. The van der Waals surface area contributed by atoms with E-state index in [0.29, 0.717) is 32.8 Å². The summed E-state index contributed by atoms with van der Waals surface area (Å²) in [6, 6.07) is 2.62. The molecule has 0 heterocycles. The maximum absolute atomic E-state index is 14.0. The molecule has 6 aliphatic rings. The molecule has 1 aromatic rings. The van der Waals surface area contributed by atoms with E-state index in [1.54, 1.807) is 18.2 Å². The number of amides is 2. The van der Waals surface area contributed by atoms with Gasteiger partial charge in [0.05, 0.1) is 23.3 Å². The Labute approximate surface area is 260 Å². The third-order valence-corrected chi connectivity index (χ3v) is 10.9. The Hall–Kier alpha value is -2.18. The first-order valence-corrected chi connectivity index (χ1v) is 16.4. The fourth-order valence-corrected chi connectivity index (χ4v) is 9.36. The van der Waals surface area contributed by atoms with E-state index in [2.05, 4.69) is 27.9 Å². The normalized spacial score (nSPS) is 33.1. The number of ether oxygens (including phenoxy) is 2. The quantitative estimate of drug-likeness (QED) is 0.240. The number of carbonyl (C=O) groups excluding carboxylic acids is 3. The topological polar surface area (TPSA) is 125 Å². The number of methoxy groups -OCH3 is 1. The second-order valence-corrected chi connectivity index (χ2v) is 14.5. The Kier molecular flexibility index (Phi) is 8.59. The zero-order valence-electron chi connectivity index (χ0n) is 24.1. The van der Waals surface area contributed by atoms with E-state index in [9.17, 15) is 24.6 Å². The standard InChI is InChI=1S/C32H41IN2O7/c1-41-27-10-21(16-37)9-24(33)29(27)42-26-12-23(30(39)34-4-5-36)11-25(28(26)38)35(31(40)22-2-3-22)17-32-13-18-6-19(14-32)8-20(7-18)15-32/h9-10,12,16,18-20,22,25-26,28,36,38H,2-8,11,13-15,17H2,1H3,(H,34,39). The van der Waals surface area contributed by atoms with Gasteiger partial charge in [-0.3, -0.25) is 14.4 Å². The van der Waals surface area contributed by atoms with Gasteiger partial charge in [0, 0.05) is 36.6 Å². The molecular formula is C32H41IN2O7. The highest BCUT2D eigenvalue weighted by atomic mass is 127. The fraction of sp³-hybridized carbons (Fsp3) is 0.656. The molecule has 7 rings (SSSR count). The lowest BCUT2D eigenvalue weighted by Crippen LogP contribution is -2.60. The molecule has 9 nitrogen and oxygen atoms in total. The van der Waals surface area contributed by atoms with E-state index in [1.807, 2.05) is 4.90 Å². The molecule has 5 fully saturated rings. The van der Waals surface area contributed by atoms with E-state index in [-0.39, 0.29) is 42.7 Å². The van der Waals surface area contributed by atoms with Crippen LogP contribution in [0.1, 0.15) is 68.1 Å². The molecule has 1 aromatic carbocycles. The number of carbonyl (C=O) groups is 3. The molecule has 5 saturated carbocycles. The number of aliphatic hydroxyl groups excluding tert-OH is 2. The van der Waals surface area contributed by atoms with Crippen molar-refractivity contribution in [1.29, 1.82) is 0 Å². The van der Waals surface area contributed by atoms with Crippen LogP contribution < -0.4 is 14.8 Å². The second-order valence-electron chi connectivity index (χ2n) is 13.3. The Bertz CT molecular complexity index is 1230. The van der Waals surface area contributed by atoms with E-state index in [1.165, 1.54) is 26.4 Å². The van der Waals surface area contributed by atoms with Crippen LogP contribution in [0.2, 0.25) is 0 Å². The van der Waals surface area contributed by atoms with Crippen LogP contribution in [0.4, 0.5) is 0 Å². The maximum Gasteiger partial charge on any atom is 0.247 e. The van der Waals surface area contributed by atoms with Gasteiger partial charge >= 0.3 is 0 Å². The zero-order chi connectivity index (χ0) is 29.6. The van der Waals surface area contributed by atoms with Gasteiger partial charge in [-0.15, -0.1) is 0 Å². The number of nitrogens with zero attached hydrogens (tertiary/aromatic N) is 1. The number of rotatable bonds is 11. The van der Waals surface area contributed by atoms with Gasteiger partial charge in [0.15, 0.2) is 11.5 Å². The van der Waals surface area contributed by atoms with E-state index >= 15 is 0 Å². The van der Waals surface area contributed by atoms with E-state index in [4.69, 9.17) is 9.47 Å². The lowest BCUT2D eigenvalue weighted by Gasteiger charge is -2.58. The van der Waals surface area contributed by atoms with Gasteiger partial charge in [-0.1, -0.05) is 0 Å². The number of benzene rings is 1. The van der Waals surface area contributed by atoms with Crippen LogP contribution in [0.3, 0.4) is 0 Å². The summed E-state index contributed by atoms with van der Waals surface area (Å²) in [6.45, 7) is 0.522. The molecule has 3 N–H and O–H groups in total. The van der Waals surface area contributed by atoms with Crippen LogP contribution in [0.25, 0.3) is 0 Å². The van der Waals surface area contributed by atoms with Crippen LogP contribution in [-0.4, -0.2) is 78.3 Å². The minimum atomic E-state index is -1.08. The summed E-state index contributed by atoms with van der Waals surface area (Å²) in [7, 11) is 1.48. The number of nitrogens with one attached hydrogen (secondary N) is 1. The number of aliphatic hydroxyl groups is 2. The van der Waals surface area contributed by atoms with Gasteiger partial charge < -0.3 is 29.9 Å². The van der Waals surface area contributed by atoms with Gasteiger partial charge in [0.2, 0.25) is 11.8 Å². The van der Waals surface area contributed by atoms with Crippen molar-refractivity contribution in [3.63, 3.8) is 0 Å². The largest absolute Gasteiger partial charge is 0.493 e. The van der Waals surface area contributed by atoms with Gasteiger partial charge in [-0.05, 0) is 115 Å². The first-order chi connectivity index (χ1) is 20.2. The highest BCUT2D eigenvalue weighted by Gasteiger charge is 2.54. The van der Waals surface area contributed by atoms with Gasteiger partial charge in [-0.2, -0.15) is 0 Å². The maximum atomic E-state index is 14.0. The summed E-state index contributed by atoms with van der Waals surface area (Å²) in [4.78, 5) is 40.6. The molecular weight excluding hydrogens is 651 g/mol. The summed E-state index contributed by atoms with van der Waals surface area (Å²) >= 11 is 2.06. The molecule has 42 heavy (non-hydrogen) atoms. The predicted molar refractivity (Wildman–Crippen MR) is 163 cm³/mol. The van der Waals surface area contributed by atoms with Crippen molar-refractivity contribution < 1.29 is 34.1 Å². The lowest BCUT2D eigenvalue weighted by molar-refractivity contribution is -0.148. The number of aldehydes is 1. The van der Waals surface area contributed by atoms with E-state index < -0.39 is 18.2 Å². The zero-order valence-corrected chi connectivity index (χ0v) is 26.3. The van der Waals surface area contributed by atoms with Crippen molar-refractivity contribution in [2.45, 2.75) is 76.0 Å². The average molecular weight is 693 g/mol. The Morgan fingerprint density at radius 1 is 1.14 bits per heavy atom. The molecule has 0 aromatic heterocycles. The molecule has 0 spiro atoms. The fourth-order valence-electron chi connectivity index (χ4n) is 8.61. The Balaban J connectivity index is 1.33. The minimum Gasteiger partial charge on any atom is -0.493 e. The summed E-state index contributed by atoms with van der Waals surface area (Å²) < 4.78 is 12.5. The van der Waals surface area contributed by atoms with Gasteiger partial charge in [0.1, 0.15) is 18.5 Å². The van der Waals surface area contributed by atoms with Crippen LogP contribution in [-0.2, 0) is 9.59 Å². The molecule has 4 bridgehead atoms. The summed E-state index contributed by atoms with van der Waals surface area (Å²) in [5.41, 5.74) is 0.919. The van der Waals surface area contributed by atoms with Crippen molar-refractivity contribution in [1.82, 2.24) is 10.2 Å². The predicted octanol–water partition coefficient (Wildman–Crippen LogP) is 3.48. The third-order valence-electron chi connectivity index (χ3n) is 10.1. The number of hydrogen-bond acceptors (Lipinski definition) is 7. The van der Waals surface area contributed by atoms with Crippen molar-refractivity contribution >= 4 is 40.7 Å². The monoisotopic (exact) mass is 692 g/mol. The molecule has 3 atom stereocenters. The van der Waals surface area contributed by atoms with Gasteiger partial charge in [-0.25, -0.2) is 0 Å². The van der Waals surface area contributed by atoms with Crippen LogP contribution in [0.15, 0.2) is 23.8 Å². The van der Waals surface area contributed by atoms with Crippen LogP contribution >= 0.6 is 22.6 Å². The lowest BCUT2D eigenvalue weighted by atomic mass is 9.49. The molecule has 228 valence electrons. The highest BCUT2D eigenvalue weighted by Crippen LogP contribution is 2.60. The van der Waals surface area contributed by atoms with Crippen molar-refractivity contribution in [3.8, 4) is 11.5 Å². The van der Waals surface area contributed by atoms with Crippen molar-refractivity contribution in [2.75, 3.05) is 26.8 Å². The number of hydrogen-bond donors (Lipinski definition) is 3. The molecule has 6 aliphatic carbocycles. The summed E-state index contributed by atoms with van der Waals surface area (Å²) in [5.74, 6) is 2.59. The molecule has 0 radical (unpaired) electrons. The second kappa shape index (κ2) is 12.1. The highest BCUT2D eigenvalue weighted by molar-refractivity contribution is 14.1. The minimum absolute atomic E-state index is 0.0278. The van der Waals surface area contributed by atoms with Gasteiger partial charge in [0.25, 0.3) is 0 Å². The SMILES string of the molecule is COc1cc(C=O)cc(I)c1OC1C=C(C(=O)NCCO)CC(N(CC23CC4CC(CC(C4)C2)C3)C(=O)C2CC2)C1O. The first-order valence-electron chi connectivity index (χ1n) is 15.3. The Morgan fingerprint density at radius 2 is 1.81 bits per heavy atom. The molecule has 0 aliphatic heterocycles. The smallest absolute Gasteiger partial charge is 0.247 e. The Morgan fingerprint density at radius 3 is 2.38 bits per heavy atom. The third kappa shape index (κ3) is 5.95. The summed E-state index contributed by atoms with van der Waals surface area (Å²) in [5, 5.41) is 24.0. The van der Waals surface area contributed by atoms with Crippen LogP contribution in [0, 0.1) is 32.7 Å². The van der Waals surface area contributed by atoms with E-state index in [0.717, 1.165) is 56.1 Å². The number of halogens is 1. The van der Waals surface area contributed by atoms with Crippen LogP contribution in [0.5, 0.6) is 11.5 Å². The summed E-state index contributed by atoms with van der Waals surface area (Å²) in [6.07, 6.45) is 9.58. The molecule has 2 amide bonds. The average Bonchev–Trinajstić information content (AvgIpc) is 3.81. The molecule has 0 saturated heterocycles. The van der Waals surface area contributed by atoms with Crippen molar-refractivity contribution in [2.24, 2.45) is 29.1 Å². The first kappa shape index (κ1) is 29.9.